The Bertz CT molecular complexity index is 645. The normalized spacial score (nSPS) is 10.5. The summed E-state index contributed by atoms with van der Waals surface area (Å²) in [6.07, 6.45) is 1.16. The predicted molar refractivity (Wildman–Crippen MR) is 100 cm³/mol. The molecule has 0 saturated carbocycles. The lowest BCUT2D eigenvalue weighted by molar-refractivity contribution is -0.120. The number of hydrogen-bond donors (Lipinski definition) is 1. The van der Waals surface area contributed by atoms with E-state index in [4.69, 9.17) is 11.6 Å². The number of aryl methyl sites for hydroxylation is 2. The van der Waals surface area contributed by atoms with E-state index in [0.29, 0.717) is 19.4 Å². The van der Waals surface area contributed by atoms with Crippen molar-refractivity contribution in [2.45, 2.75) is 25.5 Å². The molecule has 2 aromatic rings. The van der Waals surface area contributed by atoms with Crippen LogP contribution in [0.3, 0.4) is 0 Å². The van der Waals surface area contributed by atoms with Gasteiger partial charge in [0, 0.05) is 29.5 Å². The molecule has 2 aromatic carbocycles. The van der Waals surface area contributed by atoms with Gasteiger partial charge in [-0.1, -0.05) is 59.6 Å². The zero-order valence-electron chi connectivity index (χ0n) is 13.3. The van der Waals surface area contributed by atoms with Crippen molar-refractivity contribution in [3.8, 4) is 0 Å². The van der Waals surface area contributed by atoms with Gasteiger partial charge in [-0.05, 0) is 30.5 Å². The number of halogens is 1. The van der Waals surface area contributed by atoms with Crippen molar-refractivity contribution in [3.63, 3.8) is 0 Å². The van der Waals surface area contributed by atoms with Gasteiger partial charge in [0.15, 0.2) is 0 Å². The maximum atomic E-state index is 11.8. The number of benzene rings is 2. The zero-order valence-corrected chi connectivity index (χ0v) is 14.9. The van der Waals surface area contributed by atoms with Crippen molar-refractivity contribution >= 4 is 29.3 Å². The summed E-state index contributed by atoms with van der Waals surface area (Å²) in [4.78, 5) is 11.8. The summed E-state index contributed by atoms with van der Waals surface area (Å²) in [5, 5.41) is 3.70. The second kappa shape index (κ2) is 9.64. The summed E-state index contributed by atoms with van der Waals surface area (Å²) in [6.45, 7) is 2.81. The van der Waals surface area contributed by atoms with Crippen LogP contribution in [0.25, 0.3) is 0 Å². The Morgan fingerprint density at radius 3 is 2.78 bits per heavy atom. The third-order valence-electron chi connectivity index (χ3n) is 3.50. The van der Waals surface area contributed by atoms with E-state index in [1.165, 1.54) is 11.1 Å². The minimum atomic E-state index is 0.0843. The van der Waals surface area contributed by atoms with Crippen LogP contribution in [0.2, 0.25) is 5.02 Å². The molecule has 0 spiro atoms. The van der Waals surface area contributed by atoms with Gasteiger partial charge in [0.1, 0.15) is 0 Å². The second-order valence-corrected chi connectivity index (χ2v) is 7.00. The molecule has 122 valence electrons. The fourth-order valence-electron chi connectivity index (χ4n) is 2.29. The highest BCUT2D eigenvalue weighted by Gasteiger charge is 2.04. The minimum absolute atomic E-state index is 0.0843. The molecule has 0 atom stereocenters. The monoisotopic (exact) mass is 347 g/mol. The van der Waals surface area contributed by atoms with E-state index >= 15 is 0 Å². The van der Waals surface area contributed by atoms with E-state index in [2.05, 4.69) is 36.5 Å². The smallest absolute Gasteiger partial charge is 0.220 e. The van der Waals surface area contributed by atoms with Gasteiger partial charge in [-0.25, -0.2) is 0 Å². The fourth-order valence-corrected chi connectivity index (χ4v) is 3.33. The topological polar surface area (TPSA) is 29.1 Å². The first-order valence-electron chi connectivity index (χ1n) is 7.78. The van der Waals surface area contributed by atoms with Crippen molar-refractivity contribution in [2.24, 2.45) is 0 Å². The largest absolute Gasteiger partial charge is 0.355 e. The molecule has 23 heavy (non-hydrogen) atoms. The van der Waals surface area contributed by atoms with Crippen LogP contribution < -0.4 is 5.32 Å². The molecule has 2 nitrogen and oxygen atoms in total. The first-order chi connectivity index (χ1) is 11.1. The molecule has 0 aliphatic carbocycles. The summed E-state index contributed by atoms with van der Waals surface area (Å²) >= 11 is 7.93. The quantitative estimate of drug-likeness (QED) is 0.705. The highest BCUT2D eigenvalue weighted by molar-refractivity contribution is 7.98. The Balaban J connectivity index is 1.59. The van der Waals surface area contributed by atoms with Crippen LogP contribution in [0.4, 0.5) is 0 Å². The molecular weight excluding hydrogens is 326 g/mol. The van der Waals surface area contributed by atoms with Crippen LogP contribution in [0.1, 0.15) is 23.1 Å². The molecule has 0 aliphatic rings. The second-order valence-electron chi connectivity index (χ2n) is 5.48. The number of carbonyl (C=O) groups excluding carboxylic acids is 1. The first-order valence-corrected chi connectivity index (χ1v) is 9.32. The van der Waals surface area contributed by atoms with Crippen LogP contribution in [-0.4, -0.2) is 18.2 Å². The van der Waals surface area contributed by atoms with E-state index in [0.717, 1.165) is 22.1 Å². The molecule has 0 radical (unpaired) electrons. The Hall–Kier alpha value is -1.45. The van der Waals surface area contributed by atoms with Gasteiger partial charge in [-0.2, -0.15) is 11.8 Å². The lowest BCUT2D eigenvalue weighted by Gasteiger charge is -2.07. The first kappa shape index (κ1) is 17.9. The number of amides is 1. The van der Waals surface area contributed by atoms with E-state index < -0.39 is 0 Å². The molecule has 0 fully saturated rings. The molecule has 0 heterocycles. The molecule has 1 N–H and O–H groups in total. The molecule has 0 bridgehead atoms. The molecule has 0 aliphatic heterocycles. The van der Waals surface area contributed by atoms with Gasteiger partial charge in [0.2, 0.25) is 5.91 Å². The lowest BCUT2D eigenvalue weighted by Crippen LogP contribution is -2.25. The van der Waals surface area contributed by atoms with E-state index in [-0.39, 0.29) is 5.91 Å². The summed E-state index contributed by atoms with van der Waals surface area (Å²) in [5.41, 5.74) is 3.65. The standard InChI is InChI=1S/C19H22ClNOS/c1-15-5-4-6-16(13-15)14-23-12-11-21-19(22)10-9-17-7-2-3-8-18(17)20/h2-8,13H,9-12,14H2,1H3,(H,21,22). The number of rotatable bonds is 8. The number of nitrogens with one attached hydrogen (secondary N) is 1. The molecule has 4 heteroatoms. The minimum Gasteiger partial charge on any atom is -0.355 e. The van der Waals surface area contributed by atoms with Gasteiger partial charge < -0.3 is 5.32 Å². The SMILES string of the molecule is Cc1cccc(CSCCNC(=O)CCc2ccccc2Cl)c1. The molecule has 0 saturated heterocycles. The summed E-state index contributed by atoms with van der Waals surface area (Å²) in [7, 11) is 0. The predicted octanol–water partition coefficient (Wildman–Crippen LogP) is 4.63. The highest BCUT2D eigenvalue weighted by Crippen LogP contribution is 2.16. The third-order valence-corrected chi connectivity index (χ3v) is 4.90. The Labute approximate surface area is 147 Å². The summed E-state index contributed by atoms with van der Waals surface area (Å²) < 4.78 is 0. The lowest BCUT2D eigenvalue weighted by atomic mass is 10.1. The Kier molecular flexibility index (Phi) is 7.50. The van der Waals surface area contributed by atoms with E-state index in [1.54, 1.807) is 0 Å². The molecule has 1 amide bonds. The summed E-state index contributed by atoms with van der Waals surface area (Å²) in [6, 6.07) is 16.2. The Morgan fingerprint density at radius 2 is 2.00 bits per heavy atom. The van der Waals surface area contributed by atoms with Gasteiger partial charge in [-0.3, -0.25) is 4.79 Å². The maximum Gasteiger partial charge on any atom is 0.220 e. The Morgan fingerprint density at radius 1 is 1.17 bits per heavy atom. The maximum absolute atomic E-state index is 11.8. The van der Waals surface area contributed by atoms with E-state index in [1.807, 2.05) is 36.0 Å². The van der Waals surface area contributed by atoms with Gasteiger partial charge in [0.25, 0.3) is 0 Å². The van der Waals surface area contributed by atoms with Gasteiger partial charge in [-0.15, -0.1) is 0 Å². The van der Waals surface area contributed by atoms with Crippen LogP contribution in [0, 0.1) is 6.92 Å². The highest BCUT2D eigenvalue weighted by atomic mass is 35.5. The average Bonchev–Trinajstić information content (AvgIpc) is 2.54. The van der Waals surface area contributed by atoms with Gasteiger partial charge in [0.05, 0.1) is 0 Å². The van der Waals surface area contributed by atoms with Crippen molar-refractivity contribution in [2.75, 3.05) is 12.3 Å². The zero-order chi connectivity index (χ0) is 16.5. The van der Waals surface area contributed by atoms with Crippen LogP contribution in [0.5, 0.6) is 0 Å². The average molecular weight is 348 g/mol. The van der Waals surface area contributed by atoms with Crippen LogP contribution in [-0.2, 0) is 17.0 Å². The van der Waals surface area contributed by atoms with Crippen molar-refractivity contribution in [1.29, 1.82) is 0 Å². The molecule has 2 rings (SSSR count). The van der Waals surface area contributed by atoms with Crippen molar-refractivity contribution in [3.05, 3.63) is 70.2 Å². The number of hydrogen-bond acceptors (Lipinski definition) is 2. The third kappa shape index (κ3) is 6.67. The number of carbonyl (C=O) groups is 1. The summed E-state index contributed by atoms with van der Waals surface area (Å²) in [5.74, 6) is 1.99. The molecule has 0 unspecified atom stereocenters. The van der Waals surface area contributed by atoms with E-state index in [9.17, 15) is 4.79 Å². The fraction of sp³-hybridized carbons (Fsp3) is 0.316. The molecular formula is C19H22ClNOS. The van der Waals surface area contributed by atoms with Crippen molar-refractivity contribution in [1.82, 2.24) is 5.32 Å². The number of thioether (sulfide) groups is 1. The van der Waals surface area contributed by atoms with Crippen LogP contribution in [0.15, 0.2) is 48.5 Å². The van der Waals surface area contributed by atoms with Gasteiger partial charge >= 0.3 is 0 Å². The van der Waals surface area contributed by atoms with Crippen molar-refractivity contribution < 1.29 is 4.79 Å². The molecule has 0 aromatic heterocycles. The van der Waals surface area contributed by atoms with Crippen LogP contribution >= 0.6 is 23.4 Å².